The monoisotopic (exact) mass is 353 g/mol. The van der Waals surface area contributed by atoms with Crippen molar-refractivity contribution in [2.24, 2.45) is 5.73 Å². The lowest BCUT2D eigenvalue weighted by Crippen LogP contribution is -2.36. The van der Waals surface area contributed by atoms with E-state index in [0.29, 0.717) is 6.42 Å². The Labute approximate surface area is 157 Å². The first kappa shape index (κ1) is 20.1. The number of carbonyl (C=O) groups excluding carboxylic acids is 1. The number of hydrogen-bond donors (Lipinski definition) is 1. The van der Waals surface area contributed by atoms with Gasteiger partial charge in [0.05, 0.1) is 0 Å². The summed E-state index contributed by atoms with van der Waals surface area (Å²) in [6.07, 6.45) is 8.31. The van der Waals surface area contributed by atoms with Gasteiger partial charge >= 0.3 is 0 Å². The van der Waals surface area contributed by atoms with Gasteiger partial charge in [-0.3, -0.25) is 9.78 Å². The highest BCUT2D eigenvalue weighted by Gasteiger charge is 2.19. The molecule has 2 rings (SSSR count). The third-order valence-electron chi connectivity index (χ3n) is 4.58. The van der Waals surface area contributed by atoms with Gasteiger partial charge in [0.25, 0.3) is 0 Å². The van der Waals surface area contributed by atoms with E-state index >= 15 is 0 Å². The molecule has 0 aliphatic carbocycles. The van der Waals surface area contributed by atoms with Crippen molar-refractivity contribution in [1.29, 1.82) is 0 Å². The Hall–Kier alpha value is -2.20. The molecule has 0 spiro atoms. The number of carbonyl (C=O) groups is 1. The molecule has 0 bridgehead atoms. The number of unbranched alkanes of at least 4 members (excludes halogenated alkanes) is 2. The highest BCUT2D eigenvalue weighted by Crippen LogP contribution is 2.26. The van der Waals surface area contributed by atoms with Gasteiger partial charge in [0.2, 0.25) is 5.91 Å². The minimum absolute atomic E-state index is 0.115. The molecular formula is C22H31N3O. The summed E-state index contributed by atoms with van der Waals surface area (Å²) in [6, 6.07) is 10.1. The van der Waals surface area contributed by atoms with Crippen molar-refractivity contribution < 1.29 is 4.79 Å². The molecule has 1 aromatic carbocycles. The van der Waals surface area contributed by atoms with Gasteiger partial charge in [0, 0.05) is 37.1 Å². The minimum Gasteiger partial charge on any atom is -0.327 e. The maximum atomic E-state index is 12.8. The summed E-state index contributed by atoms with van der Waals surface area (Å²) < 4.78 is 0. The van der Waals surface area contributed by atoms with Crippen molar-refractivity contribution in [3.8, 4) is 0 Å². The topological polar surface area (TPSA) is 59.2 Å². The van der Waals surface area contributed by atoms with Gasteiger partial charge in [0.1, 0.15) is 0 Å². The molecule has 1 amide bonds. The van der Waals surface area contributed by atoms with Crippen LogP contribution in [0, 0.1) is 13.8 Å². The summed E-state index contributed by atoms with van der Waals surface area (Å²) in [7, 11) is 0. The van der Waals surface area contributed by atoms with Gasteiger partial charge in [-0.15, -0.1) is 0 Å². The number of nitrogens with two attached hydrogens (primary N) is 1. The average Bonchev–Trinajstić information content (AvgIpc) is 2.60. The van der Waals surface area contributed by atoms with Gasteiger partial charge in [-0.25, -0.2) is 0 Å². The quantitative estimate of drug-likeness (QED) is 0.688. The van der Waals surface area contributed by atoms with Crippen LogP contribution in [0.1, 0.15) is 49.3 Å². The Morgan fingerprint density at radius 1 is 1.12 bits per heavy atom. The van der Waals surface area contributed by atoms with Crippen molar-refractivity contribution in [1.82, 2.24) is 4.98 Å². The molecule has 26 heavy (non-hydrogen) atoms. The number of para-hydroxylation sites is 1. The molecule has 1 atom stereocenters. The lowest BCUT2D eigenvalue weighted by atomic mass is 10.0. The molecule has 1 unspecified atom stereocenters. The van der Waals surface area contributed by atoms with Crippen LogP contribution in [0.15, 0.2) is 42.7 Å². The SMILES string of the molecule is Cc1cccc(C)c1N(CCCCCc1cccnc1)C(=O)CC(C)N. The Kier molecular flexibility index (Phi) is 7.79. The number of amides is 1. The van der Waals surface area contributed by atoms with Gasteiger partial charge in [-0.1, -0.05) is 30.7 Å². The fraction of sp³-hybridized carbons (Fsp3) is 0.455. The van der Waals surface area contributed by atoms with Crippen LogP contribution in [0.3, 0.4) is 0 Å². The number of anilines is 1. The molecule has 0 saturated heterocycles. The Bertz CT molecular complexity index is 678. The fourth-order valence-corrected chi connectivity index (χ4v) is 3.30. The smallest absolute Gasteiger partial charge is 0.228 e. The molecule has 0 saturated carbocycles. The van der Waals surface area contributed by atoms with E-state index in [1.54, 1.807) is 6.20 Å². The van der Waals surface area contributed by atoms with Gasteiger partial charge < -0.3 is 10.6 Å². The Balaban J connectivity index is 1.97. The zero-order valence-corrected chi connectivity index (χ0v) is 16.2. The van der Waals surface area contributed by atoms with E-state index in [9.17, 15) is 4.79 Å². The molecule has 0 aliphatic rings. The maximum absolute atomic E-state index is 12.8. The molecule has 0 fully saturated rings. The van der Waals surface area contributed by atoms with Gasteiger partial charge in [-0.2, -0.15) is 0 Å². The van der Waals surface area contributed by atoms with Crippen LogP contribution in [-0.4, -0.2) is 23.5 Å². The summed E-state index contributed by atoms with van der Waals surface area (Å²) in [6.45, 7) is 6.76. The summed E-state index contributed by atoms with van der Waals surface area (Å²) in [5.41, 5.74) is 10.5. The Morgan fingerprint density at radius 3 is 2.46 bits per heavy atom. The largest absolute Gasteiger partial charge is 0.327 e. The predicted octanol–water partition coefficient (Wildman–Crippen LogP) is 4.18. The second kappa shape index (κ2) is 10.1. The first-order valence-corrected chi connectivity index (χ1v) is 9.50. The third-order valence-corrected chi connectivity index (χ3v) is 4.58. The zero-order chi connectivity index (χ0) is 18.9. The number of pyridine rings is 1. The molecule has 1 heterocycles. The maximum Gasteiger partial charge on any atom is 0.228 e. The second-order valence-corrected chi connectivity index (χ2v) is 7.14. The number of aryl methyl sites for hydroxylation is 3. The van der Waals surface area contributed by atoms with Crippen LogP contribution in [0.2, 0.25) is 0 Å². The average molecular weight is 354 g/mol. The van der Waals surface area contributed by atoms with Crippen LogP contribution in [-0.2, 0) is 11.2 Å². The summed E-state index contributed by atoms with van der Waals surface area (Å²) in [4.78, 5) is 18.9. The number of rotatable bonds is 9. The minimum atomic E-state index is -0.125. The molecule has 1 aromatic heterocycles. The number of benzene rings is 1. The molecule has 140 valence electrons. The zero-order valence-electron chi connectivity index (χ0n) is 16.2. The summed E-state index contributed by atoms with van der Waals surface area (Å²) in [5.74, 6) is 0.115. The lowest BCUT2D eigenvalue weighted by molar-refractivity contribution is -0.118. The predicted molar refractivity (Wildman–Crippen MR) is 108 cm³/mol. The molecule has 4 nitrogen and oxygen atoms in total. The molecule has 2 N–H and O–H groups in total. The van der Waals surface area contributed by atoms with Crippen molar-refractivity contribution in [2.75, 3.05) is 11.4 Å². The highest BCUT2D eigenvalue weighted by atomic mass is 16.2. The van der Waals surface area contributed by atoms with E-state index in [1.807, 2.05) is 30.2 Å². The van der Waals surface area contributed by atoms with Crippen molar-refractivity contribution in [3.05, 3.63) is 59.4 Å². The first-order valence-electron chi connectivity index (χ1n) is 9.50. The van der Waals surface area contributed by atoms with E-state index < -0.39 is 0 Å². The fourth-order valence-electron chi connectivity index (χ4n) is 3.30. The van der Waals surface area contributed by atoms with Crippen molar-refractivity contribution in [3.63, 3.8) is 0 Å². The van der Waals surface area contributed by atoms with Crippen molar-refractivity contribution >= 4 is 11.6 Å². The van der Waals surface area contributed by atoms with Crippen LogP contribution in [0.5, 0.6) is 0 Å². The van der Waals surface area contributed by atoms with E-state index in [0.717, 1.165) is 49.0 Å². The third kappa shape index (κ3) is 5.95. The lowest BCUT2D eigenvalue weighted by Gasteiger charge is -2.27. The van der Waals surface area contributed by atoms with E-state index in [1.165, 1.54) is 5.56 Å². The number of hydrogen-bond acceptors (Lipinski definition) is 3. The number of aromatic nitrogens is 1. The van der Waals surface area contributed by atoms with Crippen LogP contribution < -0.4 is 10.6 Å². The molecule has 2 aromatic rings. The first-order chi connectivity index (χ1) is 12.5. The molecular weight excluding hydrogens is 322 g/mol. The Morgan fingerprint density at radius 2 is 1.85 bits per heavy atom. The molecule has 0 aliphatic heterocycles. The molecule has 4 heteroatoms. The standard InChI is InChI=1S/C22H31N3O/c1-17-9-7-10-18(2)22(17)25(21(26)15-19(3)23)14-6-4-5-11-20-12-8-13-24-16-20/h7-10,12-13,16,19H,4-6,11,14-15,23H2,1-3H3. The molecule has 0 radical (unpaired) electrons. The van der Waals surface area contributed by atoms with Crippen LogP contribution in [0.25, 0.3) is 0 Å². The van der Waals surface area contributed by atoms with Crippen LogP contribution >= 0.6 is 0 Å². The van der Waals surface area contributed by atoms with Crippen molar-refractivity contribution in [2.45, 2.75) is 58.9 Å². The highest BCUT2D eigenvalue weighted by molar-refractivity contribution is 5.95. The van der Waals surface area contributed by atoms with E-state index in [2.05, 4.69) is 37.0 Å². The normalized spacial score (nSPS) is 12.0. The van der Waals surface area contributed by atoms with Crippen LogP contribution in [0.4, 0.5) is 5.69 Å². The summed E-state index contributed by atoms with van der Waals surface area (Å²) >= 11 is 0. The number of nitrogens with zero attached hydrogens (tertiary/aromatic N) is 2. The second-order valence-electron chi connectivity index (χ2n) is 7.14. The van der Waals surface area contributed by atoms with E-state index in [-0.39, 0.29) is 11.9 Å². The van der Waals surface area contributed by atoms with Gasteiger partial charge in [0.15, 0.2) is 0 Å². The van der Waals surface area contributed by atoms with E-state index in [4.69, 9.17) is 5.73 Å². The summed E-state index contributed by atoms with van der Waals surface area (Å²) in [5, 5.41) is 0. The van der Waals surface area contributed by atoms with Gasteiger partial charge in [-0.05, 0) is 62.8 Å².